The fourth-order valence-corrected chi connectivity index (χ4v) is 3.13. The monoisotopic (exact) mass is 343 g/mol. The number of nitrogens with one attached hydrogen (secondary N) is 2. The maximum atomic E-state index is 12.5. The number of hydrogen-bond acceptors (Lipinski definition) is 4. The van der Waals surface area contributed by atoms with Crippen molar-refractivity contribution in [2.24, 2.45) is 0 Å². The third kappa shape index (κ3) is 3.76. The first kappa shape index (κ1) is 17.3. The number of ether oxygens (including phenoxy) is 1. The number of furan rings is 1. The zero-order valence-electron chi connectivity index (χ0n) is 14.6. The smallest absolute Gasteiger partial charge is 0.280 e. The van der Waals surface area contributed by atoms with Crippen LogP contribution in [0.15, 0.2) is 22.8 Å². The average Bonchev–Trinajstić information content (AvgIpc) is 3.19. The molecular weight excluding hydrogens is 320 g/mol. The number of quaternary nitrogens is 1. The van der Waals surface area contributed by atoms with Crippen molar-refractivity contribution in [2.45, 2.75) is 20.4 Å². The molecule has 0 saturated carbocycles. The van der Waals surface area contributed by atoms with Crippen molar-refractivity contribution < 1.29 is 18.8 Å². The molecule has 0 aliphatic carbocycles. The lowest BCUT2D eigenvalue weighted by Crippen LogP contribution is -3.15. The minimum atomic E-state index is -0.0911. The first-order valence-corrected chi connectivity index (χ1v) is 8.43. The summed E-state index contributed by atoms with van der Waals surface area (Å²) < 4.78 is 12.7. The Labute approximate surface area is 146 Å². The number of carbonyl (C=O) groups excluding carboxylic acids is 1. The Hall–Kier alpha value is -2.56. The van der Waals surface area contributed by atoms with Gasteiger partial charge in [0.05, 0.1) is 31.6 Å². The Morgan fingerprint density at radius 3 is 2.80 bits per heavy atom. The number of rotatable bonds is 5. The van der Waals surface area contributed by atoms with Gasteiger partial charge in [-0.25, -0.2) is 0 Å². The van der Waals surface area contributed by atoms with Crippen molar-refractivity contribution in [3.05, 3.63) is 41.0 Å². The maximum absolute atomic E-state index is 12.5. The molecule has 2 aromatic rings. The van der Waals surface area contributed by atoms with Crippen molar-refractivity contribution >= 4 is 11.7 Å². The van der Waals surface area contributed by atoms with Gasteiger partial charge in [0.25, 0.3) is 5.91 Å². The number of aromatic nitrogens is 1. The molecular formula is C18H23N4O3+. The van der Waals surface area contributed by atoms with E-state index in [1.807, 2.05) is 30.5 Å². The average molecular weight is 343 g/mol. The van der Waals surface area contributed by atoms with Gasteiger partial charge in [-0.15, -0.1) is 0 Å². The number of morpholine rings is 1. The van der Waals surface area contributed by atoms with Crippen molar-refractivity contribution in [1.82, 2.24) is 4.57 Å². The number of hydrogen-bond donors (Lipinski definition) is 2. The van der Waals surface area contributed by atoms with Crippen molar-refractivity contribution in [3.8, 4) is 6.07 Å². The number of nitrogens with zero attached hydrogens (tertiary/aromatic N) is 2. The molecule has 0 radical (unpaired) electrons. The Kier molecular flexibility index (Phi) is 5.22. The molecule has 1 fully saturated rings. The van der Waals surface area contributed by atoms with Crippen LogP contribution in [0.25, 0.3) is 0 Å². The predicted molar refractivity (Wildman–Crippen MR) is 91.4 cm³/mol. The molecule has 0 bridgehead atoms. The van der Waals surface area contributed by atoms with Crippen LogP contribution < -0.4 is 10.2 Å². The SMILES string of the molecule is Cc1c(C#N)c(NC(=O)C[NH+]2CCOCC2)n(Cc2ccco2)c1C. The van der Waals surface area contributed by atoms with Crippen LogP contribution in [0.5, 0.6) is 0 Å². The van der Waals surface area contributed by atoms with E-state index in [9.17, 15) is 10.1 Å². The van der Waals surface area contributed by atoms with E-state index in [0.29, 0.717) is 37.7 Å². The molecule has 2 aromatic heterocycles. The first-order chi connectivity index (χ1) is 12.1. The highest BCUT2D eigenvalue weighted by Crippen LogP contribution is 2.27. The number of carbonyl (C=O) groups is 1. The minimum absolute atomic E-state index is 0.0911. The van der Waals surface area contributed by atoms with E-state index >= 15 is 0 Å². The highest BCUT2D eigenvalue weighted by Gasteiger charge is 2.23. The summed E-state index contributed by atoms with van der Waals surface area (Å²) in [6.07, 6.45) is 1.62. The largest absolute Gasteiger partial charge is 0.467 e. The van der Waals surface area contributed by atoms with Crippen LogP contribution in [0, 0.1) is 25.2 Å². The molecule has 3 heterocycles. The van der Waals surface area contributed by atoms with Crippen LogP contribution >= 0.6 is 0 Å². The van der Waals surface area contributed by atoms with Crippen molar-refractivity contribution in [1.29, 1.82) is 5.26 Å². The molecule has 0 aromatic carbocycles. The second-order valence-electron chi connectivity index (χ2n) is 6.30. The van der Waals surface area contributed by atoms with Gasteiger partial charge in [0.1, 0.15) is 30.7 Å². The minimum Gasteiger partial charge on any atom is -0.467 e. The lowest BCUT2D eigenvalue weighted by Gasteiger charge is -2.23. The highest BCUT2D eigenvalue weighted by atomic mass is 16.5. The molecule has 1 saturated heterocycles. The van der Waals surface area contributed by atoms with Gasteiger partial charge < -0.3 is 23.9 Å². The van der Waals surface area contributed by atoms with Crippen LogP contribution in [0.1, 0.15) is 22.6 Å². The molecule has 2 N–H and O–H groups in total. The molecule has 0 spiro atoms. The maximum Gasteiger partial charge on any atom is 0.280 e. The fraction of sp³-hybridized carbons (Fsp3) is 0.444. The molecule has 3 rings (SSSR count). The van der Waals surface area contributed by atoms with Crippen molar-refractivity contribution in [3.63, 3.8) is 0 Å². The predicted octanol–water partition coefficient (Wildman–Crippen LogP) is 0.472. The molecule has 132 valence electrons. The van der Waals surface area contributed by atoms with Gasteiger partial charge in [-0.1, -0.05) is 0 Å². The van der Waals surface area contributed by atoms with Gasteiger partial charge in [-0.2, -0.15) is 5.26 Å². The zero-order valence-corrected chi connectivity index (χ0v) is 14.6. The summed E-state index contributed by atoms with van der Waals surface area (Å²) in [6.45, 7) is 7.70. The Morgan fingerprint density at radius 2 is 2.16 bits per heavy atom. The van der Waals surface area contributed by atoms with E-state index in [4.69, 9.17) is 9.15 Å². The second-order valence-corrected chi connectivity index (χ2v) is 6.30. The summed E-state index contributed by atoms with van der Waals surface area (Å²) in [6, 6.07) is 5.93. The van der Waals surface area contributed by atoms with Gasteiger partial charge >= 0.3 is 0 Å². The van der Waals surface area contributed by atoms with Crippen LogP contribution in [-0.4, -0.2) is 43.3 Å². The van der Waals surface area contributed by atoms with E-state index < -0.39 is 0 Å². The summed E-state index contributed by atoms with van der Waals surface area (Å²) in [5, 5.41) is 12.5. The molecule has 0 unspecified atom stereocenters. The normalized spacial score (nSPS) is 15.1. The zero-order chi connectivity index (χ0) is 17.8. The molecule has 7 heteroatoms. The van der Waals surface area contributed by atoms with Crippen LogP contribution in [-0.2, 0) is 16.1 Å². The molecule has 0 atom stereocenters. The van der Waals surface area contributed by atoms with E-state index in [1.165, 1.54) is 4.90 Å². The summed E-state index contributed by atoms with van der Waals surface area (Å²) in [5.41, 5.74) is 2.33. The lowest BCUT2D eigenvalue weighted by atomic mass is 10.2. The topological polar surface area (TPSA) is 84.6 Å². The number of anilines is 1. The standard InChI is InChI=1S/C18H22N4O3/c1-13-14(2)22(11-15-4-3-7-25-15)18(16(13)10-19)20-17(23)12-21-5-8-24-9-6-21/h3-4,7H,5-6,8-9,11-12H2,1-2H3,(H,20,23)/p+1. The summed E-state index contributed by atoms with van der Waals surface area (Å²) in [4.78, 5) is 13.7. The Morgan fingerprint density at radius 1 is 1.40 bits per heavy atom. The van der Waals surface area contributed by atoms with E-state index in [0.717, 1.165) is 30.1 Å². The van der Waals surface area contributed by atoms with Crippen LogP contribution in [0.3, 0.4) is 0 Å². The molecule has 7 nitrogen and oxygen atoms in total. The fourth-order valence-electron chi connectivity index (χ4n) is 3.13. The Bertz CT molecular complexity index is 780. The summed E-state index contributed by atoms with van der Waals surface area (Å²) in [5.74, 6) is 1.23. The number of amides is 1. The Balaban J connectivity index is 1.82. The number of nitriles is 1. The lowest BCUT2D eigenvalue weighted by molar-refractivity contribution is -0.899. The van der Waals surface area contributed by atoms with Gasteiger partial charge in [-0.3, -0.25) is 4.79 Å². The summed E-state index contributed by atoms with van der Waals surface area (Å²) >= 11 is 0. The summed E-state index contributed by atoms with van der Waals surface area (Å²) in [7, 11) is 0. The van der Waals surface area contributed by atoms with Gasteiger partial charge in [0.2, 0.25) is 0 Å². The van der Waals surface area contributed by atoms with Gasteiger partial charge in [0.15, 0.2) is 6.54 Å². The highest BCUT2D eigenvalue weighted by molar-refractivity contribution is 5.92. The van der Waals surface area contributed by atoms with Gasteiger partial charge in [-0.05, 0) is 31.5 Å². The van der Waals surface area contributed by atoms with Crippen molar-refractivity contribution in [2.75, 3.05) is 38.2 Å². The first-order valence-electron chi connectivity index (χ1n) is 8.43. The van der Waals surface area contributed by atoms with Gasteiger partial charge in [0, 0.05) is 5.69 Å². The third-order valence-electron chi connectivity index (χ3n) is 4.70. The van der Waals surface area contributed by atoms with E-state index in [2.05, 4.69) is 11.4 Å². The molecule has 25 heavy (non-hydrogen) atoms. The molecule has 1 amide bonds. The van der Waals surface area contributed by atoms with Crippen LogP contribution in [0.4, 0.5) is 5.82 Å². The quantitative estimate of drug-likeness (QED) is 0.827. The van der Waals surface area contributed by atoms with E-state index in [1.54, 1.807) is 6.26 Å². The third-order valence-corrected chi connectivity index (χ3v) is 4.70. The second kappa shape index (κ2) is 7.55. The van der Waals surface area contributed by atoms with E-state index in [-0.39, 0.29) is 5.91 Å². The molecule has 1 aliphatic heterocycles. The molecule has 1 aliphatic rings. The van der Waals surface area contributed by atoms with Crippen LogP contribution in [0.2, 0.25) is 0 Å².